The molecular weight excluding hydrogens is 583 g/mol. The monoisotopic (exact) mass is 613 g/mol. The standard InChI is InChI=1S/C45H31N3/c1-44(2)35-18-8-10-20-37(35)45(38-21-11-9-19-36(38)44)34-17-7-6-15-32(34)42-33(16-12-22-39(42)45)41-27-40(30-25-23-29(28-46)24-26-30)47-43(48-41)31-13-4-3-5-14-31/h3-27H,1-2H3. The van der Waals surface area contributed by atoms with Gasteiger partial charge in [0.25, 0.3) is 0 Å². The number of hydrogen-bond acceptors (Lipinski definition) is 3. The van der Waals surface area contributed by atoms with Crippen molar-refractivity contribution in [2.75, 3.05) is 0 Å². The minimum Gasteiger partial charge on any atom is -0.228 e. The number of nitriles is 1. The maximum atomic E-state index is 9.43. The third-order valence-electron chi connectivity index (χ3n) is 10.4. The van der Waals surface area contributed by atoms with Gasteiger partial charge in [-0.05, 0) is 62.7 Å². The molecule has 2 aliphatic carbocycles. The second kappa shape index (κ2) is 10.5. The van der Waals surface area contributed by atoms with E-state index in [1.54, 1.807) is 0 Å². The Bertz CT molecular complexity index is 2380. The molecule has 1 spiro atoms. The molecular formula is C45H31N3. The van der Waals surface area contributed by atoms with Gasteiger partial charge in [-0.1, -0.05) is 147 Å². The fraction of sp³-hybridized carbons (Fsp3) is 0.0889. The number of benzene rings is 6. The van der Waals surface area contributed by atoms with Crippen LogP contribution in [0.25, 0.3) is 45.0 Å². The molecule has 2 aliphatic rings. The van der Waals surface area contributed by atoms with Gasteiger partial charge in [0, 0.05) is 22.1 Å². The first-order chi connectivity index (χ1) is 23.5. The van der Waals surface area contributed by atoms with Crippen LogP contribution in [-0.2, 0) is 10.8 Å². The normalized spacial score (nSPS) is 14.4. The predicted molar refractivity (Wildman–Crippen MR) is 192 cm³/mol. The fourth-order valence-corrected chi connectivity index (χ4v) is 8.29. The molecule has 7 aromatic rings. The van der Waals surface area contributed by atoms with Gasteiger partial charge in [0.2, 0.25) is 0 Å². The largest absolute Gasteiger partial charge is 0.228 e. The molecule has 0 radical (unpaired) electrons. The van der Waals surface area contributed by atoms with E-state index in [-0.39, 0.29) is 5.41 Å². The molecule has 0 bridgehead atoms. The van der Waals surface area contributed by atoms with Gasteiger partial charge in [-0.25, -0.2) is 9.97 Å². The molecule has 0 aliphatic heterocycles. The van der Waals surface area contributed by atoms with Crippen LogP contribution in [0.15, 0.2) is 152 Å². The molecule has 9 rings (SSSR count). The van der Waals surface area contributed by atoms with Gasteiger partial charge in [-0.3, -0.25) is 0 Å². The Kier molecular flexibility index (Phi) is 6.13. The zero-order valence-corrected chi connectivity index (χ0v) is 26.8. The summed E-state index contributed by atoms with van der Waals surface area (Å²) in [5, 5.41) is 9.43. The summed E-state index contributed by atoms with van der Waals surface area (Å²) in [7, 11) is 0. The smallest absolute Gasteiger partial charge is 0.160 e. The third kappa shape index (κ3) is 3.87. The summed E-state index contributed by atoms with van der Waals surface area (Å²) < 4.78 is 0. The van der Waals surface area contributed by atoms with E-state index in [0.29, 0.717) is 11.4 Å². The molecule has 0 fully saturated rings. The lowest BCUT2D eigenvalue weighted by Crippen LogP contribution is -2.40. The Labute approximate surface area is 280 Å². The highest BCUT2D eigenvalue weighted by Gasteiger charge is 2.53. The molecule has 3 nitrogen and oxygen atoms in total. The molecule has 0 saturated carbocycles. The average Bonchev–Trinajstić information content (AvgIpc) is 3.45. The number of fused-ring (bicyclic) bond motifs is 9. The van der Waals surface area contributed by atoms with Crippen LogP contribution in [0.3, 0.4) is 0 Å². The van der Waals surface area contributed by atoms with Crippen molar-refractivity contribution in [1.82, 2.24) is 9.97 Å². The second-order valence-corrected chi connectivity index (χ2v) is 13.3. The lowest BCUT2D eigenvalue weighted by atomic mass is 9.55. The lowest BCUT2D eigenvalue weighted by molar-refractivity contribution is 0.563. The summed E-state index contributed by atoms with van der Waals surface area (Å²) >= 11 is 0. The lowest BCUT2D eigenvalue weighted by Gasteiger charge is -2.46. The molecule has 3 heteroatoms. The maximum absolute atomic E-state index is 9.43. The zero-order chi connectivity index (χ0) is 32.5. The van der Waals surface area contributed by atoms with Crippen LogP contribution in [0.5, 0.6) is 0 Å². The third-order valence-corrected chi connectivity index (χ3v) is 10.4. The van der Waals surface area contributed by atoms with Crippen LogP contribution < -0.4 is 0 Å². The summed E-state index contributed by atoms with van der Waals surface area (Å²) in [6, 6.07) is 55.8. The topological polar surface area (TPSA) is 49.6 Å². The summed E-state index contributed by atoms with van der Waals surface area (Å²) in [4.78, 5) is 10.3. The number of hydrogen-bond donors (Lipinski definition) is 0. The molecule has 0 N–H and O–H groups in total. The van der Waals surface area contributed by atoms with Crippen molar-refractivity contribution < 1.29 is 0 Å². The number of rotatable bonds is 3. The Hall–Kier alpha value is -6.11. The Morgan fingerprint density at radius 2 is 1.02 bits per heavy atom. The number of nitrogens with zero attached hydrogens (tertiary/aromatic N) is 3. The minimum absolute atomic E-state index is 0.152. The van der Waals surface area contributed by atoms with Gasteiger partial charge >= 0.3 is 0 Å². The van der Waals surface area contributed by atoms with E-state index >= 15 is 0 Å². The van der Waals surface area contributed by atoms with Gasteiger partial charge in [-0.15, -0.1) is 0 Å². The molecule has 1 aromatic heterocycles. The number of aromatic nitrogens is 2. The van der Waals surface area contributed by atoms with Crippen molar-refractivity contribution in [1.29, 1.82) is 5.26 Å². The quantitative estimate of drug-likeness (QED) is 0.199. The van der Waals surface area contributed by atoms with E-state index in [4.69, 9.17) is 9.97 Å². The van der Waals surface area contributed by atoms with Gasteiger partial charge in [0.15, 0.2) is 5.82 Å². The van der Waals surface area contributed by atoms with Crippen molar-refractivity contribution in [3.63, 3.8) is 0 Å². The maximum Gasteiger partial charge on any atom is 0.160 e. The summed E-state index contributed by atoms with van der Waals surface area (Å²) in [5.41, 5.74) is 15.0. The van der Waals surface area contributed by atoms with Gasteiger partial charge in [0.05, 0.1) is 28.4 Å². The summed E-state index contributed by atoms with van der Waals surface area (Å²) in [6.07, 6.45) is 0. The van der Waals surface area contributed by atoms with Crippen molar-refractivity contribution in [3.8, 4) is 51.1 Å². The van der Waals surface area contributed by atoms with E-state index in [1.165, 1.54) is 44.5 Å². The molecule has 226 valence electrons. The van der Waals surface area contributed by atoms with E-state index in [1.807, 2.05) is 42.5 Å². The Morgan fingerprint density at radius 1 is 0.479 bits per heavy atom. The molecule has 48 heavy (non-hydrogen) atoms. The van der Waals surface area contributed by atoms with E-state index in [2.05, 4.69) is 129 Å². The molecule has 0 amide bonds. The molecule has 6 aromatic carbocycles. The molecule has 0 unspecified atom stereocenters. The van der Waals surface area contributed by atoms with Crippen molar-refractivity contribution in [3.05, 3.63) is 191 Å². The van der Waals surface area contributed by atoms with Crippen LogP contribution in [0.1, 0.15) is 52.8 Å². The van der Waals surface area contributed by atoms with E-state index < -0.39 is 5.41 Å². The minimum atomic E-state index is -0.476. The van der Waals surface area contributed by atoms with Gasteiger partial charge < -0.3 is 0 Å². The van der Waals surface area contributed by atoms with E-state index in [0.717, 1.165) is 28.1 Å². The zero-order valence-electron chi connectivity index (χ0n) is 26.8. The van der Waals surface area contributed by atoms with Crippen molar-refractivity contribution in [2.45, 2.75) is 24.7 Å². The molecule has 0 saturated heterocycles. The fourth-order valence-electron chi connectivity index (χ4n) is 8.29. The van der Waals surface area contributed by atoms with Gasteiger partial charge in [0.1, 0.15) is 0 Å². The van der Waals surface area contributed by atoms with Crippen LogP contribution in [-0.4, -0.2) is 9.97 Å². The highest BCUT2D eigenvalue weighted by Crippen LogP contribution is 2.63. The van der Waals surface area contributed by atoms with Gasteiger partial charge in [-0.2, -0.15) is 5.26 Å². The summed E-state index contributed by atoms with van der Waals surface area (Å²) in [5.74, 6) is 0.668. The van der Waals surface area contributed by atoms with E-state index in [9.17, 15) is 5.26 Å². The Morgan fingerprint density at radius 3 is 1.69 bits per heavy atom. The summed E-state index contributed by atoms with van der Waals surface area (Å²) in [6.45, 7) is 4.71. The highest BCUT2D eigenvalue weighted by atomic mass is 14.9. The Balaban J connectivity index is 1.37. The first-order valence-electron chi connectivity index (χ1n) is 16.4. The average molecular weight is 614 g/mol. The molecule has 0 atom stereocenters. The second-order valence-electron chi connectivity index (χ2n) is 13.3. The first-order valence-corrected chi connectivity index (χ1v) is 16.4. The molecule has 1 heterocycles. The van der Waals surface area contributed by atoms with Crippen LogP contribution >= 0.6 is 0 Å². The van der Waals surface area contributed by atoms with Crippen molar-refractivity contribution >= 4 is 0 Å². The van der Waals surface area contributed by atoms with Crippen LogP contribution in [0, 0.1) is 11.3 Å². The van der Waals surface area contributed by atoms with Crippen LogP contribution in [0.2, 0.25) is 0 Å². The first kappa shape index (κ1) is 28.1. The predicted octanol–water partition coefficient (Wildman–Crippen LogP) is 10.4. The highest BCUT2D eigenvalue weighted by molar-refractivity contribution is 5.96. The van der Waals surface area contributed by atoms with Crippen molar-refractivity contribution in [2.24, 2.45) is 0 Å². The SMILES string of the molecule is CC1(C)c2ccccc2C2(c3ccccc3-c3c(-c4cc(-c5ccc(C#N)cc5)nc(-c5ccccc5)n4)cccc32)c2ccccc21. The van der Waals surface area contributed by atoms with Crippen LogP contribution in [0.4, 0.5) is 0 Å².